The lowest BCUT2D eigenvalue weighted by atomic mass is 10.1. The Bertz CT molecular complexity index is 621. The first kappa shape index (κ1) is 13.4. The van der Waals surface area contributed by atoms with E-state index >= 15 is 0 Å². The molecule has 1 aromatic carbocycles. The maximum absolute atomic E-state index is 12.5. The van der Waals surface area contributed by atoms with Crippen molar-refractivity contribution in [3.63, 3.8) is 0 Å². The van der Waals surface area contributed by atoms with Crippen molar-refractivity contribution in [2.45, 2.75) is 0 Å². The van der Waals surface area contributed by atoms with E-state index in [0.717, 1.165) is 18.9 Å². The Morgan fingerprint density at radius 2 is 1.71 bits per heavy atom. The second-order valence-corrected chi connectivity index (χ2v) is 5.05. The average molecular weight is 282 g/mol. The van der Waals surface area contributed by atoms with Crippen LogP contribution >= 0.6 is 0 Å². The van der Waals surface area contributed by atoms with Crippen LogP contribution in [0, 0.1) is 0 Å². The van der Waals surface area contributed by atoms with Gasteiger partial charge in [-0.05, 0) is 24.3 Å². The molecule has 1 amide bonds. The zero-order chi connectivity index (χ0) is 14.7. The molecule has 2 N–H and O–H groups in total. The van der Waals surface area contributed by atoms with Crippen LogP contribution in [-0.4, -0.2) is 42.0 Å². The van der Waals surface area contributed by atoms with Gasteiger partial charge in [-0.3, -0.25) is 4.79 Å². The van der Waals surface area contributed by atoms with E-state index in [1.54, 1.807) is 18.3 Å². The molecule has 2 heterocycles. The summed E-state index contributed by atoms with van der Waals surface area (Å²) in [7, 11) is 0. The first-order chi connectivity index (χ1) is 10.3. The smallest absolute Gasteiger partial charge is 0.256 e. The maximum Gasteiger partial charge on any atom is 0.256 e. The summed E-state index contributed by atoms with van der Waals surface area (Å²) in [4.78, 5) is 20.9. The lowest BCUT2D eigenvalue weighted by molar-refractivity contribution is 0.0747. The summed E-state index contributed by atoms with van der Waals surface area (Å²) >= 11 is 0. The maximum atomic E-state index is 12.5. The number of aromatic nitrogens is 1. The van der Waals surface area contributed by atoms with E-state index < -0.39 is 0 Å². The van der Waals surface area contributed by atoms with Gasteiger partial charge in [-0.25, -0.2) is 4.98 Å². The number of nitrogen functional groups attached to an aromatic ring is 1. The molecule has 1 aliphatic heterocycles. The van der Waals surface area contributed by atoms with Crippen molar-refractivity contribution in [3.05, 3.63) is 54.2 Å². The van der Waals surface area contributed by atoms with Crippen LogP contribution in [0.5, 0.6) is 0 Å². The molecule has 5 heteroatoms. The first-order valence-electron chi connectivity index (χ1n) is 7.05. The number of hydrogen-bond acceptors (Lipinski definition) is 4. The summed E-state index contributed by atoms with van der Waals surface area (Å²) in [5.74, 6) is 0.970. The number of nitrogens with zero attached hydrogens (tertiary/aromatic N) is 3. The topological polar surface area (TPSA) is 62.5 Å². The lowest BCUT2D eigenvalue weighted by Crippen LogP contribution is -2.49. The lowest BCUT2D eigenvalue weighted by Gasteiger charge is -2.35. The monoisotopic (exact) mass is 282 g/mol. The standard InChI is InChI=1S/C16H18N4O/c17-14-6-2-1-5-13(14)16(21)20-11-9-19(10-12-20)15-7-3-4-8-18-15/h1-8H,9-12,17H2. The minimum absolute atomic E-state index is 0.00812. The number of benzene rings is 1. The van der Waals surface area contributed by atoms with Gasteiger partial charge in [0.1, 0.15) is 5.82 Å². The first-order valence-corrected chi connectivity index (χ1v) is 7.05. The number of carbonyl (C=O) groups excluding carboxylic acids is 1. The molecule has 0 saturated carbocycles. The quantitative estimate of drug-likeness (QED) is 0.850. The molecular weight excluding hydrogens is 264 g/mol. The summed E-state index contributed by atoms with van der Waals surface area (Å²) < 4.78 is 0. The van der Waals surface area contributed by atoms with Crippen molar-refractivity contribution in [1.82, 2.24) is 9.88 Å². The van der Waals surface area contributed by atoms with Crippen LogP contribution in [0.1, 0.15) is 10.4 Å². The van der Waals surface area contributed by atoms with Gasteiger partial charge in [0.25, 0.3) is 5.91 Å². The van der Waals surface area contributed by atoms with Gasteiger partial charge in [0.15, 0.2) is 0 Å². The fourth-order valence-electron chi connectivity index (χ4n) is 2.54. The minimum Gasteiger partial charge on any atom is -0.398 e. The van der Waals surface area contributed by atoms with E-state index in [1.807, 2.05) is 35.2 Å². The van der Waals surface area contributed by atoms with Gasteiger partial charge in [-0.1, -0.05) is 18.2 Å². The number of amides is 1. The van der Waals surface area contributed by atoms with Gasteiger partial charge in [0.05, 0.1) is 5.56 Å². The predicted octanol–water partition coefficient (Wildman–Crippen LogP) is 1.63. The molecule has 0 bridgehead atoms. The fraction of sp³-hybridized carbons (Fsp3) is 0.250. The second-order valence-electron chi connectivity index (χ2n) is 5.05. The molecule has 2 aromatic rings. The number of para-hydroxylation sites is 1. The summed E-state index contributed by atoms with van der Waals surface area (Å²) in [6.45, 7) is 2.94. The van der Waals surface area contributed by atoms with Crippen molar-refractivity contribution in [3.8, 4) is 0 Å². The van der Waals surface area contributed by atoms with E-state index in [-0.39, 0.29) is 5.91 Å². The van der Waals surface area contributed by atoms with Crippen LogP contribution in [0.3, 0.4) is 0 Å². The number of hydrogen-bond donors (Lipinski definition) is 1. The molecule has 0 unspecified atom stereocenters. The third-order valence-corrected chi connectivity index (χ3v) is 3.73. The molecule has 0 atom stereocenters. The highest BCUT2D eigenvalue weighted by atomic mass is 16.2. The van der Waals surface area contributed by atoms with E-state index in [0.29, 0.717) is 24.3 Å². The van der Waals surface area contributed by atoms with Crippen LogP contribution in [0.25, 0.3) is 0 Å². The number of nitrogens with two attached hydrogens (primary N) is 1. The second kappa shape index (κ2) is 5.83. The number of piperazine rings is 1. The van der Waals surface area contributed by atoms with Crippen LogP contribution in [-0.2, 0) is 0 Å². The molecule has 1 saturated heterocycles. The van der Waals surface area contributed by atoms with Crippen LogP contribution in [0.15, 0.2) is 48.7 Å². The normalized spacial score (nSPS) is 15.0. The molecule has 1 aliphatic rings. The zero-order valence-corrected chi connectivity index (χ0v) is 11.8. The number of pyridine rings is 1. The molecule has 3 rings (SSSR count). The molecule has 0 aliphatic carbocycles. The van der Waals surface area contributed by atoms with Crippen molar-refractivity contribution >= 4 is 17.4 Å². The Morgan fingerprint density at radius 1 is 1.00 bits per heavy atom. The number of carbonyl (C=O) groups is 1. The molecule has 1 fully saturated rings. The third kappa shape index (κ3) is 2.81. The predicted molar refractivity (Wildman–Crippen MR) is 83.2 cm³/mol. The van der Waals surface area contributed by atoms with Crippen LogP contribution in [0.2, 0.25) is 0 Å². The van der Waals surface area contributed by atoms with Crippen LogP contribution in [0.4, 0.5) is 11.5 Å². The molecular formula is C16H18N4O. The van der Waals surface area contributed by atoms with Gasteiger partial charge < -0.3 is 15.5 Å². The highest BCUT2D eigenvalue weighted by Crippen LogP contribution is 2.17. The Morgan fingerprint density at radius 3 is 2.38 bits per heavy atom. The van der Waals surface area contributed by atoms with Gasteiger partial charge in [0.2, 0.25) is 0 Å². The van der Waals surface area contributed by atoms with Gasteiger partial charge in [0, 0.05) is 38.1 Å². The Balaban J connectivity index is 1.66. The summed E-state index contributed by atoms with van der Waals surface area (Å²) in [5, 5.41) is 0. The number of rotatable bonds is 2. The third-order valence-electron chi connectivity index (χ3n) is 3.73. The van der Waals surface area contributed by atoms with Gasteiger partial charge >= 0.3 is 0 Å². The van der Waals surface area contributed by atoms with E-state index in [4.69, 9.17) is 5.73 Å². The average Bonchev–Trinajstić information content (AvgIpc) is 2.56. The molecule has 108 valence electrons. The summed E-state index contributed by atoms with van der Waals surface area (Å²) in [6, 6.07) is 13.1. The van der Waals surface area contributed by atoms with Crippen molar-refractivity contribution in [1.29, 1.82) is 0 Å². The molecule has 21 heavy (non-hydrogen) atoms. The van der Waals surface area contributed by atoms with E-state index in [2.05, 4.69) is 9.88 Å². The molecule has 5 nitrogen and oxygen atoms in total. The molecule has 1 aromatic heterocycles. The largest absolute Gasteiger partial charge is 0.398 e. The van der Waals surface area contributed by atoms with Crippen molar-refractivity contribution in [2.24, 2.45) is 0 Å². The van der Waals surface area contributed by atoms with E-state index in [9.17, 15) is 4.79 Å². The highest BCUT2D eigenvalue weighted by molar-refractivity contribution is 5.99. The molecule has 0 radical (unpaired) electrons. The SMILES string of the molecule is Nc1ccccc1C(=O)N1CCN(c2ccccn2)CC1. The Labute approximate surface area is 124 Å². The van der Waals surface area contributed by atoms with E-state index in [1.165, 1.54) is 0 Å². The Hall–Kier alpha value is -2.56. The van der Waals surface area contributed by atoms with Crippen molar-refractivity contribution in [2.75, 3.05) is 36.8 Å². The highest BCUT2D eigenvalue weighted by Gasteiger charge is 2.23. The molecule has 0 spiro atoms. The Kier molecular flexibility index (Phi) is 3.73. The van der Waals surface area contributed by atoms with Crippen molar-refractivity contribution < 1.29 is 4.79 Å². The fourth-order valence-corrected chi connectivity index (χ4v) is 2.54. The minimum atomic E-state index is 0.00812. The summed E-state index contributed by atoms with van der Waals surface area (Å²) in [5.41, 5.74) is 7.00. The van der Waals surface area contributed by atoms with Gasteiger partial charge in [-0.2, -0.15) is 0 Å². The summed E-state index contributed by atoms with van der Waals surface area (Å²) in [6.07, 6.45) is 1.79. The zero-order valence-electron chi connectivity index (χ0n) is 11.8. The van der Waals surface area contributed by atoms with Crippen LogP contribution < -0.4 is 10.6 Å². The number of anilines is 2. The van der Waals surface area contributed by atoms with Gasteiger partial charge in [-0.15, -0.1) is 0 Å².